The maximum absolute atomic E-state index is 13.7. The number of allylic oxidation sites excluding steroid dienone is 1. The van der Waals surface area contributed by atoms with Crippen molar-refractivity contribution < 1.29 is 13.5 Å². The predicted molar refractivity (Wildman–Crippen MR) is 67.6 cm³/mol. The van der Waals surface area contributed by atoms with Crippen molar-refractivity contribution in [2.24, 2.45) is 0 Å². The Labute approximate surface area is 107 Å². The molecule has 4 nitrogen and oxygen atoms in total. The first-order chi connectivity index (χ1) is 8.97. The van der Waals surface area contributed by atoms with E-state index in [9.17, 15) is 13.6 Å². The summed E-state index contributed by atoms with van der Waals surface area (Å²) in [6, 6.07) is 4.62. The molecule has 0 atom stereocenters. The zero-order valence-electron chi connectivity index (χ0n) is 10.2. The zero-order valence-corrected chi connectivity index (χ0v) is 10.2. The number of rotatable bonds is 4. The largest absolute Gasteiger partial charge is 0.497 e. The number of halogens is 2. The second kappa shape index (κ2) is 4.79. The van der Waals surface area contributed by atoms with Crippen LogP contribution in [0.2, 0.25) is 0 Å². The van der Waals surface area contributed by atoms with Crippen molar-refractivity contribution in [2.75, 3.05) is 7.11 Å². The number of fused-ring (bicyclic) bond motifs is 1. The van der Waals surface area contributed by atoms with Gasteiger partial charge in [-0.25, -0.2) is 4.98 Å². The van der Waals surface area contributed by atoms with E-state index in [1.165, 1.54) is 19.2 Å². The first kappa shape index (κ1) is 13.2. The van der Waals surface area contributed by atoms with Gasteiger partial charge >= 0.3 is 0 Å². The standard InChI is InChI=1S/C13H12F2N2O2/c1-3-6-13(14,15)11-12(18)17-10-7-8(19-2)4-5-9(10)16-11/h3-5,7H,1,6H2,2H3,(H,17,18). The van der Waals surface area contributed by atoms with Crippen LogP contribution in [0.4, 0.5) is 8.78 Å². The van der Waals surface area contributed by atoms with E-state index < -0.39 is 23.6 Å². The maximum Gasteiger partial charge on any atom is 0.298 e. The first-order valence-corrected chi connectivity index (χ1v) is 5.55. The average molecular weight is 266 g/mol. The highest BCUT2D eigenvalue weighted by molar-refractivity contribution is 5.75. The molecule has 0 unspecified atom stereocenters. The molecule has 6 heteroatoms. The Bertz CT molecular complexity index is 680. The highest BCUT2D eigenvalue weighted by atomic mass is 19.3. The van der Waals surface area contributed by atoms with Gasteiger partial charge in [-0.05, 0) is 12.1 Å². The van der Waals surface area contributed by atoms with Crippen molar-refractivity contribution in [3.05, 3.63) is 46.9 Å². The molecule has 0 saturated carbocycles. The highest BCUT2D eigenvalue weighted by Gasteiger charge is 2.35. The van der Waals surface area contributed by atoms with E-state index in [0.717, 1.165) is 6.08 Å². The normalized spacial score (nSPS) is 11.5. The predicted octanol–water partition coefficient (Wildman–Crippen LogP) is 2.60. The maximum atomic E-state index is 13.7. The zero-order chi connectivity index (χ0) is 14.0. The average Bonchev–Trinajstić information content (AvgIpc) is 2.36. The Balaban J connectivity index is 2.63. The minimum absolute atomic E-state index is 0.277. The Hall–Kier alpha value is -2.24. The SMILES string of the molecule is C=CCC(F)(F)c1nc2ccc(OC)cc2[nH]c1=O. The number of methoxy groups -OCH3 is 1. The molecule has 0 aliphatic carbocycles. The van der Waals surface area contributed by atoms with E-state index in [1.54, 1.807) is 6.07 Å². The van der Waals surface area contributed by atoms with Gasteiger partial charge in [0, 0.05) is 12.5 Å². The third-order valence-electron chi connectivity index (χ3n) is 2.65. The fourth-order valence-electron chi connectivity index (χ4n) is 1.72. The summed E-state index contributed by atoms with van der Waals surface area (Å²) in [7, 11) is 1.47. The molecule has 1 aromatic carbocycles. The minimum Gasteiger partial charge on any atom is -0.497 e. The third kappa shape index (κ3) is 2.47. The van der Waals surface area contributed by atoms with E-state index >= 15 is 0 Å². The second-order valence-corrected chi connectivity index (χ2v) is 3.99. The Morgan fingerprint density at radius 1 is 1.53 bits per heavy atom. The topological polar surface area (TPSA) is 55.0 Å². The van der Waals surface area contributed by atoms with Gasteiger partial charge in [-0.15, -0.1) is 6.58 Å². The number of alkyl halides is 2. The lowest BCUT2D eigenvalue weighted by molar-refractivity contribution is -0.00662. The summed E-state index contributed by atoms with van der Waals surface area (Å²) in [5.41, 5.74) is -1.08. The molecule has 0 saturated heterocycles. The summed E-state index contributed by atoms with van der Waals surface area (Å²) in [5, 5.41) is 0. The summed E-state index contributed by atoms with van der Waals surface area (Å²) < 4.78 is 32.4. The number of hydrogen-bond donors (Lipinski definition) is 1. The summed E-state index contributed by atoms with van der Waals surface area (Å²) in [4.78, 5) is 17.8. The summed E-state index contributed by atoms with van der Waals surface area (Å²) in [6.45, 7) is 3.25. The van der Waals surface area contributed by atoms with Gasteiger partial charge in [0.05, 0.1) is 18.1 Å². The second-order valence-electron chi connectivity index (χ2n) is 3.99. The summed E-state index contributed by atoms with van der Waals surface area (Å²) >= 11 is 0. The monoisotopic (exact) mass is 266 g/mol. The first-order valence-electron chi connectivity index (χ1n) is 5.55. The molecule has 1 N–H and O–H groups in total. The molecule has 0 bridgehead atoms. The van der Waals surface area contributed by atoms with Gasteiger partial charge in [-0.2, -0.15) is 8.78 Å². The molecule has 2 aromatic rings. The number of H-pyrrole nitrogens is 1. The van der Waals surface area contributed by atoms with Gasteiger partial charge in [-0.1, -0.05) is 6.08 Å². The number of hydrogen-bond acceptors (Lipinski definition) is 3. The van der Waals surface area contributed by atoms with Crippen LogP contribution in [0.15, 0.2) is 35.6 Å². The molecule has 0 radical (unpaired) electrons. The molecule has 0 aliphatic heterocycles. The molecule has 0 amide bonds. The summed E-state index contributed by atoms with van der Waals surface area (Å²) in [6.07, 6.45) is 0.421. The van der Waals surface area contributed by atoms with Crippen LogP contribution >= 0.6 is 0 Å². The van der Waals surface area contributed by atoms with Crippen LogP contribution in [0, 0.1) is 0 Å². The van der Waals surface area contributed by atoms with Gasteiger partial charge in [0.15, 0.2) is 5.69 Å². The quantitative estimate of drug-likeness (QED) is 0.865. The highest BCUT2D eigenvalue weighted by Crippen LogP contribution is 2.29. The third-order valence-corrected chi connectivity index (χ3v) is 2.65. The van der Waals surface area contributed by atoms with Crippen LogP contribution in [0.25, 0.3) is 11.0 Å². The fraction of sp³-hybridized carbons (Fsp3) is 0.231. The molecule has 1 aromatic heterocycles. The molecule has 0 spiro atoms. The van der Waals surface area contributed by atoms with Crippen molar-refractivity contribution in [2.45, 2.75) is 12.3 Å². The lowest BCUT2D eigenvalue weighted by Crippen LogP contribution is -2.26. The van der Waals surface area contributed by atoms with Gasteiger partial charge in [0.25, 0.3) is 11.5 Å². The van der Waals surface area contributed by atoms with Crippen molar-refractivity contribution >= 4 is 11.0 Å². The van der Waals surface area contributed by atoms with Crippen LogP contribution in [0.1, 0.15) is 12.1 Å². The molecule has 2 rings (SSSR count). The Morgan fingerprint density at radius 3 is 2.89 bits per heavy atom. The molecular formula is C13H12F2N2O2. The van der Waals surface area contributed by atoms with Crippen LogP contribution in [-0.4, -0.2) is 17.1 Å². The van der Waals surface area contributed by atoms with Crippen molar-refractivity contribution in [3.8, 4) is 5.75 Å². The lowest BCUT2D eigenvalue weighted by atomic mass is 10.1. The van der Waals surface area contributed by atoms with Crippen molar-refractivity contribution in [3.63, 3.8) is 0 Å². The van der Waals surface area contributed by atoms with Gasteiger partial charge in [0.1, 0.15) is 5.75 Å². The van der Waals surface area contributed by atoms with Crippen LogP contribution in [0.3, 0.4) is 0 Å². The van der Waals surface area contributed by atoms with Crippen LogP contribution in [0.5, 0.6) is 5.75 Å². The van der Waals surface area contributed by atoms with Crippen molar-refractivity contribution in [1.82, 2.24) is 9.97 Å². The van der Waals surface area contributed by atoms with E-state index in [-0.39, 0.29) is 5.52 Å². The van der Waals surface area contributed by atoms with E-state index in [4.69, 9.17) is 4.74 Å². The van der Waals surface area contributed by atoms with Gasteiger partial charge < -0.3 is 9.72 Å². The number of aromatic amines is 1. The van der Waals surface area contributed by atoms with E-state index in [1.807, 2.05) is 0 Å². The molecule has 0 aliphatic rings. The minimum atomic E-state index is -3.33. The van der Waals surface area contributed by atoms with Gasteiger partial charge in [0.2, 0.25) is 0 Å². The summed E-state index contributed by atoms with van der Waals surface area (Å²) in [5.74, 6) is -2.82. The molecule has 0 fully saturated rings. The van der Waals surface area contributed by atoms with Crippen molar-refractivity contribution in [1.29, 1.82) is 0 Å². The molecule has 1 heterocycles. The Morgan fingerprint density at radius 2 is 2.26 bits per heavy atom. The van der Waals surface area contributed by atoms with Crippen LogP contribution in [-0.2, 0) is 5.92 Å². The smallest absolute Gasteiger partial charge is 0.298 e. The van der Waals surface area contributed by atoms with Gasteiger partial charge in [-0.3, -0.25) is 4.79 Å². The number of aromatic nitrogens is 2. The number of ether oxygens (including phenoxy) is 1. The van der Waals surface area contributed by atoms with Crippen LogP contribution < -0.4 is 10.3 Å². The number of nitrogens with one attached hydrogen (secondary N) is 1. The lowest BCUT2D eigenvalue weighted by Gasteiger charge is -2.13. The molecule has 100 valence electrons. The Kier molecular flexibility index (Phi) is 3.33. The van der Waals surface area contributed by atoms with E-state index in [2.05, 4.69) is 16.5 Å². The number of benzene rings is 1. The molecule has 19 heavy (non-hydrogen) atoms. The number of nitrogens with zero attached hydrogens (tertiary/aromatic N) is 1. The van der Waals surface area contributed by atoms with E-state index in [0.29, 0.717) is 11.3 Å². The fourth-order valence-corrected chi connectivity index (χ4v) is 1.72. The molecular weight excluding hydrogens is 254 g/mol.